The second-order valence-corrected chi connectivity index (χ2v) is 4.43. The highest BCUT2D eigenvalue weighted by molar-refractivity contribution is 9.11. The molecule has 0 fully saturated rings. The van der Waals surface area contributed by atoms with Gasteiger partial charge >= 0.3 is 0 Å². The van der Waals surface area contributed by atoms with Gasteiger partial charge in [0, 0.05) is 10.9 Å². The molecule has 1 aromatic rings. The van der Waals surface area contributed by atoms with Crippen LogP contribution < -0.4 is 0 Å². The molecule has 0 aliphatic rings. The molecule has 9 heavy (non-hydrogen) atoms. The molecule has 2 heteroatoms. The molecule has 0 nitrogen and oxygen atoms in total. The van der Waals surface area contributed by atoms with Crippen LogP contribution in [0, 0.1) is 13.0 Å². The quantitative estimate of drug-likeness (QED) is 0.659. The van der Waals surface area contributed by atoms with E-state index in [0.29, 0.717) is 0 Å². The van der Waals surface area contributed by atoms with E-state index < -0.39 is 0 Å². The van der Waals surface area contributed by atoms with E-state index in [1.54, 1.807) is 11.3 Å². The summed E-state index contributed by atoms with van der Waals surface area (Å²) < 4.78 is 1.24. The van der Waals surface area contributed by atoms with Crippen LogP contribution in [-0.4, -0.2) is 0 Å². The highest BCUT2D eigenvalue weighted by Gasteiger charge is 2.00. The van der Waals surface area contributed by atoms with Gasteiger partial charge in [-0.2, -0.15) is 0 Å². The SMILES string of the molecule is CCc1[c]c(C)sc1Br. The van der Waals surface area contributed by atoms with E-state index in [2.05, 4.69) is 35.8 Å². The molecule has 1 aromatic heterocycles. The van der Waals surface area contributed by atoms with Gasteiger partial charge in [-0.15, -0.1) is 11.3 Å². The third kappa shape index (κ3) is 1.55. The summed E-state index contributed by atoms with van der Waals surface area (Å²) in [5.41, 5.74) is 1.30. The van der Waals surface area contributed by atoms with Crippen LogP contribution in [0.15, 0.2) is 3.79 Å². The summed E-state index contributed by atoms with van der Waals surface area (Å²) in [5.74, 6) is 0. The van der Waals surface area contributed by atoms with Crippen LogP contribution in [0.3, 0.4) is 0 Å². The number of hydrogen-bond acceptors (Lipinski definition) is 1. The molecule has 0 atom stereocenters. The van der Waals surface area contributed by atoms with Crippen molar-refractivity contribution in [3.63, 3.8) is 0 Å². The van der Waals surface area contributed by atoms with Crippen LogP contribution in [0.4, 0.5) is 0 Å². The summed E-state index contributed by atoms with van der Waals surface area (Å²) in [6, 6.07) is 3.27. The van der Waals surface area contributed by atoms with Gasteiger partial charge in [0.15, 0.2) is 0 Å². The third-order valence-corrected chi connectivity index (χ3v) is 2.96. The minimum absolute atomic E-state index is 1.07. The number of hydrogen-bond donors (Lipinski definition) is 0. The molecule has 0 aromatic carbocycles. The Balaban J connectivity index is 3.01. The normalized spacial score (nSPS) is 10.1. The van der Waals surface area contributed by atoms with E-state index in [1.165, 1.54) is 14.2 Å². The standard InChI is InChI=1S/C7H8BrS/c1-3-6-4-5(2)9-7(6)8/h3H2,1-2H3. The first-order valence-electron chi connectivity index (χ1n) is 2.91. The first-order valence-corrected chi connectivity index (χ1v) is 4.52. The molecule has 0 amide bonds. The largest absolute Gasteiger partial charge is 0.133 e. The molecule has 0 spiro atoms. The van der Waals surface area contributed by atoms with Crippen molar-refractivity contribution < 1.29 is 0 Å². The Bertz CT molecular complexity index is 203. The van der Waals surface area contributed by atoms with Crippen molar-refractivity contribution in [2.45, 2.75) is 20.3 Å². The maximum Gasteiger partial charge on any atom is 0.0739 e. The predicted octanol–water partition coefficient (Wildman–Crippen LogP) is 3.18. The van der Waals surface area contributed by atoms with Crippen LogP contribution in [0.2, 0.25) is 0 Å². The van der Waals surface area contributed by atoms with Gasteiger partial charge in [-0.05, 0) is 34.8 Å². The molecule has 0 saturated carbocycles. The number of thiophene rings is 1. The van der Waals surface area contributed by atoms with Gasteiger partial charge in [0.25, 0.3) is 0 Å². The third-order valence-electron chi connectivity index (χ3n) is 1.16. The Hall–Kier alpha value is 0.180. The molecule has 0 aliphatic carbocycles. The van der Waals surface area contributed by atoms with Crippen molar-refractivity contribution in [1.29, 1.82) is 0 Å². The van der Waals surface area contributed by atoms with Crippen molar-refractivity contribution in [2.75, 3.05) is 0 Å². The molecule has 0 unspecified atom stereocenters. The van der Waals surface area contributed by atoms with Gasteiger partial charge in [-0.1, -0.05) is 6.92 Å². The number of halogens is 1. The fraction of sp³-hybridized carbons (Fsp3) is 0.429. The Labute approximate surface area is 68.0 Å². The van der Waals surface area contributed by atoms with E-state index in [9.17, 15) is 0 Å². The minimum Gasteiger partial charge on any atom is -0.133 e. The zero-order valence-corrected chi connectivity index (χ0v) is 7.90. The van der Waals surface area contributed by atoms with Gasteiger partial charge in [-0.3, -0.25) is 0 Å². The summed E-state index contributed by atoms with van der Waals surface area (Å²) in [7, 11) is 0. The molecule has 0 saturated heterocycles. The molecule has 1 radical (unpaired) electrons. The zero-order chi connectivity index (χ0) is 6.85. The monoisotopic (exact) mass is 203 g/mol. The van der Waals surface area contributed by atoms with Crippen LogP contribution in [0.1, 0.15) is 17.4 Å². The molecule has 0 bridgehead atoms. The van der Waals surface area contributed by atoms with Crippen molar-refractivity contribution in [1.82, 2.24) is 0 Å². The van der Waals surface area contributed by atoms with Crippen LogP contribution >= 0.6 is 27.3 Å². The van der Waals surface area contributed by atoms with Crippen LogP contribution in [0.25, 0.3) is 0 Å². The number of aryl methyl sites for hydroxylation is 2. The second kappa shape index (κ2) is 2.84. The fourth-order valence-electron chi connectivity index (χ4n) is 0.711. The summed E-state index contributed by atoms with van der Waals surface area (Å²) in [6.45, 7) is 4.22. The Morgan fingerprint density at radius 1 is 1.67 bits per heavy atom. The van der Waals surface area contributed by atoms with E-state index in [4.69, 9.17) is 0 Å². The summed E-state index contributed by atoms with van der Waals surface area (Å²) in [4.78, 5) is 1.26. The maximum atomic E-state index is 3.46. The van der Waals surface area contributed by atoms with Gasteiger partial charge in [0.1, 0.15) is 0 Å². The van der Waals surface area contributed by atoms with E-state index in [0.717, 1.165) is 6.42 Å². The highest BCUT2D eigenvalue weighted by Crippen LogP contribution is 2.26. The fourth-order valence-corrected chi connectivity index (χ4v) is 2.58. The smallest absolute Gasteiger partial charge is 0.0739 e. The lowest BCUT2D eigenvalue weighted by atomic mass is 10.2. The number of rotatable bonds is 1. The van der Waals surface area contributed by atoms with E-state index in [-0.39, 0.29) is 0 Å². The van der Waals surface area contributed by atoms with Crippen molar-refractivity contribution >= 4 is 27.3 Å². The van der Waals surface area contributed by atoms with E-state index in [1.807, 2.05) is 0 Å². The van der Waals surface area contributed by atoms with Gasteiger partial charge in [0.05, 0.1) is 3.79 Å². The Morgan fingerprint density at radius 2 is 2.33 bits per heavy atom. The second-order valence-electron chi connectivity index (χ2n) is 1.89. The summed E-state index contributed by atoms with van der Waals surface area (Å²) in [6.07, 6.45) is 1.07. The highest BCUT2D eigenvalue weighted by atomic mass is 79.9. The van der Waals surface area contributed by atoms with Gasteiger partial charge < -0.3 is 0 Å². The zero-order valence-electron chi connectivity index (χ0n) is 5.49. The minimum atomic E-state index is 1.07. The lowest BCUT2D eigenvalue weighted by Crippen LogP contribution is -1.72. The molecule has 1 heterocycles. The average molecular weight is 204 g/mol. The lowest BCUT2D eigenvalue weighted by Gasteiger charge is -1.85. The van der Waals surface area contributed by atoms with Gasteiger partial charge in [-0.25, -0.2) is 0 Å². The maximum absolute atomic E-state index is 3.46. The van der Waals surface area contributed by atoms with Gasteiger partial charge in [0.2, 0.25) is 0 Å². The van der Waals surface area contributed by atoms with Crippen LogP contribution in [-0.2, 0) is 6.42 Å². The lowest BCUT2D eigenvalue weighted by molar-refractivity contribution is 1.14. The molecule has 1 rings (SSSR count). The average Bonchev–Trinajstić information content (AvgIpc) is 2.10. The predicted molar refractivity (Wildman–Crippen MR) is 45.0 cm³/mol. The molecule has 0 aliphatic heterocycles. The van der Waals surface area contributed by atoms with Crippen molar-refractivity contribution in [3.8, 4) is 0 Å². The topological polar surface area (TPSA) is 0 Å². The Morgan fingerprint density at radius 3 is 2.56 bits per heavy atom. The van der Waals surface area contributed by atoms with E-state index >= 15 is 0 Å². The molecular weight excluding hydrogens is 196 g/mol. The Kier molecular flexibility index (Phi) is 2.30. The summed E-state index contributed by atoms with van der Waals surface area (Å²) in [5, 5.41) is 0. The first kappa shape index (κ1) is 7.29. The first-order chi connectivity index (χ1) is 4.24. The van der Waals surface area contributed by atoms with Crippen molar-refractivity contribution in [2.24, 2.45) is 0 Å². The molecule has 49 valence electrons. The summed E-state index contributed by atoms with van der Waals surface area (Å²) >= 11 is 5.22. The van der Waals surface area contributed by atoms with Crippen LogP contribution in [0.5, 0.6) is 0 Å². The molecular formula is C7H8BrS. The van der Waals surface area contributed by atoms with Crippen molar-refractivity contribution in [3.05, 3.63) is 20.3 Å². The molecule has 0 N–H and O–H groups in total.